The average molecular weight is 463 g/mol. The van der Waals surface area contributed by atoms with Crippen molar-refractivity contribution in [3.8, 4) is 0 Å². The van der Waals surface area contributed by atoms with Crippen molar-refractivity contribution in [1.29, 1.82) is 0 Å². The molecule has 0 spiro atoms. The second-order valence-corrected chi connectivity index (χ2v) is 9.34. The monoisotopic (exact) mass is 462 g/mol. The highest BCUT2D eigenvalue weighted by Gasteiger charge is 2.34. The van der Waals surface area contributed by atoms with Gasteiger partial charge in [0.2, 0.25) is 0 Å². The predicted molar refractivity (Wildman–Crippen MR) is 129 cm³/mol. The highest BCUT2D eigenvalue weighted by Crippen LogP contribution is 2.34. The molecule has 3 N–H and O–H groups in total. The van der Waals surface area contributed by atoms with E-state index < -0.39 is 5.60 Å². The number of benzene rings is 1. The minimum Gasteiger partial charge on any atom is -0.381 e. The number of carbonyl (C=O) groups is 1. The summed E-state index contributed by atoms with van der Waals surface area (Å²) in [6, 6.07) is 8.29. The number of amides is 1. The summed E-state index contributed by atoms with van der Waals surface area (Å²) in [7, 11) is 0. The summed E-state index contributed by atoms with van der Waals surface area (Å²) in [6.45, 7) is 6.42. The molecule has 1 saturated heterocycles. The first-order valence-electron chi connectivity index (χ1n) is 11.8. The molecule has 1 aromatic carbocycles. The third-order valence-corrected chi connectivity index (χ3v) is 6.52. The molecular weight excluding hydrogens is 432 g/mol. The number of nitrogens with zero attached hydrogens (tertiary/aromatic N) is 6. The highest BCUT2D eigenvalue weighted by molar-refractivity contribution is 5.84. The molecule has 178 valence electrons. The van der Waals surface area contributed by atoms with Crippen LogP contribution in [0.3, 0.4) is 0 Å². The van der Waals surface area contributed by atoms with Crippen LogP contribution in [-0.4, -0.2) is 64.1 Å². The number of hydrogen-bond donors (Lipinski definition) is 3. The smallest absolute Gasteiger partial charge is 0.253 e. The van der Waals surface area contributed by atoms with E-state index in [0.29, 0.717) is 24.6 Å². The summed E-state index contributed by atoms with van der Waals surface area (Å²) >= 11 is 0. The van der Waals surface area contributed by atoms with Gasteiger partial charge >= 0.3 is 0 Å². The predicted octanol–water partition coefficient (Wildman–Crippen LogP) is 3.20. The summed E-state index contributed by atoms with van der Waals surface area (Å²) in [5.74, 6) is 1.42. The van der Waals surface area contributed by atoms with Crippen LogP contribution >= 0.6 is 0 Å². The second-order valence-electron chi connectivity index (χ2n) is 9.34. The molecule has 10 nitrogen and oxygen atoms in total. The van der Waals surface area contributed by atoms with Crippen LogP contribution < -0.4 is 5.32 Å². The number of carbonyl (C=O) groups excluding carboxylic acids is 1. The summed E-state index contributed by atoms with van der Waals surface area (Å²) in [4.78, 5) is 35.4. The Bertz CT molecular complexity index is 1310. The van der Waals surface area contributed by atoms with Gasteiger partial charge in [-0.3, -0.25) is 4.79 Å². The molecule has 0 saturated carbocycles. The van der Waals surface area contributed by atoms with Crippen molar-refractivity contribution in [3.63, 3.8) is 0 Å². The van der Waals surface area contributed by atoms with Crippen molar-refractivity contribution in [2.45, 2.75) is 57.7 Å². The fraction of sp³-hybridized carbons (Fsp3) is 0.458. The highest BCUT2D eigenvalue weighted by atomic mass is 16.3. The first-order valence-corrected chi connectivity index (χ1v) is 11.8. The fourth-order valence-electron chi connectivity index (χ4n) is 4.80. The van der Waals surface area contributed by atoms with E-state index in [4.69, 9.17) is 4.98 Å². The third-order valence-electron chi connectivity index (χ3n) is 6.52. The van der Waals surface area contributed by atoms with Crippen molar-refractivity contribution in [2.75, 3.05) is 18.4 Å². The maximum Gasteiger partial charge on any atom is 0.253 e. The van der Waals surface area contributed by atoms with Gasteiger partial charge in [0.25, 0.3) is 5.91 Å². The largest absolute Gasteiger partial charge is 0.381 e. The minimum atomic E-state index is -1.35. The van der Waals surface area contributed by atoms with Gasteiger partial charge < -0.3 is 24.9 Å². The molecule has 34 heavy (non-hydrogen) atoms. The normalized spacial score (nSPS) is 16.3. The summed E-state index contributed by atoms with van der Waals surface area (Å²) in [5, 5.41) is 13.7. The van der Waals surface area contributed by atoms with E-state index in [2.05, 4.69) is 42.8 Å². The molecule has 1 atom stereocenters. The summed E-state index contributed by atoms with van der Waals surface area (Å²) < 4.78 is 2.33. The number of aromatic nitrogens is 6. The van der Waals surface area contributed by atoms with Crippen molar-refractivity contribution in [3.05, 3.63) is 42.7 Å². The van der Waals surface area contributed by atoms with Crippen LogP contribution in [0.5, 0.6) is 0 Å². The van der Waals surface area contributed by atoms with Gasteiger partial charge in [-0.15, -0.1) is 0 Å². The molecular formula is C24H30N8O2. The standard InChI is InChI=1S/C24H30N8O2/c1-4-16(29-21-19-20(26-13-25-19)27-14-28-21)22-30-17-7-5-6-8-18(17)32(22)15-9-11-31(12-10-15)23(33)24(2,3)34/h5-8,13-16,34H,4,9-12H2,1-3H3,(H2,25,26,27,28,29). The second kappa shape index (κ2) is 8.68. The number of aliphatic hydroxyl groups is 1. The van der Waals surface area contributed by atoms with Gasteiger partial charge in [-0.1, -0.05) is 19.1 Å². The molecule has 5 rings (SSSR count). The topological polar surface area (TPSA) is 125 Å². The zero-order valence-corrected chi connectivity index (χ0v) is 19.7. The Hall–Kier alpha value is -3.53. The number of anilines is 1. The number of para-hydroxylation sites is 2. The first kappa shape index (κ1) is 22.3. The number of fused-ring (bicyclic) bond motifs is 2. The van der Waals surface area contributed by atoms with Crippen LogP contribution in [0, 0.1) is 0 Å². The molecule has 1 aliphatic rings. The molecule has 1 aliphatic heterocycles. The quantitative estimate of drug-likeness (QED) is 0.402. The molecule has 0 radical (unpaired) electrons. The van der Waals surface area contributed by atoms with Crippen molar-refractivity contribution in [2.24, 2.45) is 0 Å². The van der Waals surface area contributed by atoms with Crippen molar-refractivity contribution >= 4 is 33.9 Å². The maximum atomic E-state index is 12.6. The van der Waals surface area contributed by atoms with Gasteiger partial charge in [-0.25, -0.2) is 19.9 Å². The Labute approximate surface area is 197 Å². The van der Waals surface area contributed by atoms with Crippen LogP contribution in [-0.2, 0) is 4.79 Å². The Balaban J connectivity index is 1.48. The SMILES string of the molecule is CCC(Nc1ncnc2nc[nH]c12)c1nc2ccccc2n1C1CCN(C(=O)C(C)(C)O)CC1. The molecule has 1 fully saturated rings. The molecule has 3 aromatic heterocycles. The van der Waals surface area contributed by atoms with Crippen molar-refractivity contribution < 1.29 is 9.90 Å². The van der Waals surface area contributed by atoms with Crippen LogP contribution in [0.25, 0.3) is 22.2 Å². The first-order chi connectivity index (χ1) is 16.4. The van der Waals surface area contributed by atoms with Gasteiger partial charge in [-0.05, 0) is 45.2 Å². The zero-order chi connectivity index (χ0) is 23.9. The van der Waals surface area contributed by atoms with E-state index in [1.165, 1.54) is 6.33 Å². The number of imidazole rings is 2. The van der Waals surface area contributed by atoms with E-state index in [9.17, 15) is 9.90 Å². The van der Waals surface area contributed by atoms with Crippen LogP contribution in [0.15, 0.2) is 36.9 Å². The number of nitrogens with one attached hydrogen (secondary N) is 2. The molecule has 0 bridgehead atoms. The summed E-state index contributed by atoms with van der Waals surface area (Å²) in [5.41, 5.74) is 2.06. The number of aromatic amines is 1. The van der Waals surface area contributed by atoms with E-state index in [0.717, 1.165) is 41.6 Å². The minimum absolute atomic E-state index is 0.0789. The lowest BCUT2D eigenvalue weighted by Crippen LogP contribution is -2.48. The van der Waals surface area contributed by atoms with Gasteiger partial charge in [0, 0.05) is 19.1 Å². The summed E-state index contributed by atoms with van der Waals surface area (Å²) in [6.07, 6.45) is 5.52. The molecule has 1 amide bonds. The van der Waals surface area contributed by atoms with E-state index >= 15 is 0 Å². The molecule has 10 heteroatoms. The lowest BCUT2D eigenvalue weighted by Gasteiger charge is -2.36. The lowest BCUT2D eigenvalue weighted by molar-refractivity contribution is -0.149. The van der Waals surface area contributed by atoms with Crippen LogP contribution in [0.2, 0.25) is 0 Å². The molecule has 4 aromatic rings. The van der Waals surface area contributed by atoms with Gasteiger partial charge in [0.05, 0.1) is 23.4 Å². The van der Waals surface area contributed by atoms with Crippen LogP contribution in [0.1, 0.15) is 57.9 Å². The molecule has 4 heterocycles. The molecule has 1 unspecified atom stereocenters. The average Bonchev–Trinajstić information content (AvgIpc) is 3.47. The number of hydrogen-bond acceptors (Lipinski definition) is 7. The molecule has 0 aliphatic carbocycles. The van der Waals surface area contributed by atoms with E-state index in [1.807, 2.05) is 18.2 Å². The van der Waals surface area contributed by atoms with Gasteiger partial charge in [0.15, 0.2) is 11.5 Å². The number of piperidine rings is 1. The Morgan fingerprint density at radius 2 is 2.00 bits per heavy atom. The fourth-order valence-corrected chi connectivity index (χ4v) is 4.80. The number of H-pyrrole nitrogens is 1. The Morgan fingerprint density at radius 3 is 2.74 bits per heavy atom. The Morgan fingerprint density at radius 1 is 1.24 bits per heavy atom. The number of likely N-dealkylation sites (tertiary alicyclic amines) is 1. The third kappa shape index (κ3) is 3.98. The maximum absolute atomic E-state index is 12.6. The van der Waals surface area contributed by atoms with E-state index in [1.54, 1.807) is 25.1 Å². The van der Waals surface area contributed by atoms with Gasteiger partial charge in [-0.2, -0.15) is 0 Å². The van der Waals surface area contributed by atoms with Crippen molar-refractivity contribution in [1.82, 2.24) is 34.4 Å². The lowest BCUT2D eigenvalue weighted by atomic mass is 10.0. The van der Waals surface area contributed by atoms with Gasteiger partial charge in [0.1, 0.15) is 23.3 Å². The van der Waals surface area contributed by atoms with Crippen LogP contribution in [0.4, 0.5) is 5.82 Å². The number of rotatable bonds is 6. The van der Waals surface area contributed by atoms with E-state index in [-0.39, 0.29) is 18.0 Å². The zero-order valence-electron chi connectivity index (χ0n) is 19.7. The Kier molecular flexibility index (Phi) is 5.68.